The Labute approximate surface area is 137 Å². The zero-order chi connectivity index (χ0) is 16.4. The fourth-order valence-corrected chi connectivity index (χ4v) is 3.87. The van der Waals surface area contributed by atoms with Crippen molar-refractivity contribution in [2.24, 2.45) is 0 Å². The number of rotatable bonds is 4. The molecule has 1 fully saturated rings. The van der Waals surface area contributed by atoms with Gasteiger partial charge in [-0.1, -0.05) is 18.2 Å². The van der Waals surface area contributed by atoms with Crippen molar-refractivity contribution in [1.82, 2.24) is 10.2 Å². The van der Waals surface area contributed by atoms with Gasteiger partial charge in [0.2, 0.25) is 11.8 Å². The van der Waals surface area contributed by atoms with Crippen LogP contribution in [-0.4, -0.2) is 48.9 Å². The molecule has 2 aliphatic rings. The number of para-hydroxylation sites is 1. The van der Waals surface area contributed by atoms with E-state index >= 15 is 0 Å². The lowest BCUT2D eigenvalue weighted by atomic mass is 9.97. The SMILES string of the molecule is CNC(=O)C1(C)CCCN1C(=O)CCN1CCc2ccccc21. The minimum absolute atomic E-state index is 0.0603. The number of fused-ring (bicyclic) bond motifs is 1. The molecule has 0 aliphatic carbocycles. The lowest BCUT2D eigenvalue weighted by Crippen LogP contribution is -2.55. The lowest BCUT2D eigenvalue weighted by Gasteiger charge is -2.34. The highest BCUT2D eigenvalue weighted by molar-refractivity contribution is 5.91. The van der Waals surface area contributed by atoms with Gasteiger partial charge in [-0.3, -0.25) is 9.59 Å². The molecule has 1 aromatic rings. The third-order valence-electron chi connectivity index (χ3n) is 5.24. The molecule has 0 saturated carbocycles. The first-order valence-corrected chi connectivity index (χ1v) is 8.42. The molecule has 23 heavy (non-hydrogen) atoms. The summed E-state index contributed by atoms with van der Waals surface area (Å²) in [6.45, 7) is 4.25. The average Bonchev–Trinajstić information content (AvgIpc) is 3.16. The van der Waals surface area contributed by atoms with Gasteiger partial charge in [0.25, 0.3) is 0 Å². The van der Waals surface area contributed by atoms with E-state index in [1.807, 2.05) is 13.0 Å². The highest BCUT2D eigenvalue weighted by Gasteiger charge is 2.44. The molecule has 0 aromatic heterocycles. The van der Waals surface area contributed by atoms with Gasteiger partial charge >= 0.3 is 0 Å². The maximum absolute atomic E-state index is 12.7. The van der Waals surface area contributed by atoms with Crippen LogP contribution in [0.2, 0.25) is 0 Å². The molecule has 3 rings (SSSR count). The van der Waals surface area contributed by atoms with Crippen LogP contribution < -0.4 is 10.2 Å². The Balaban J connectivity index is 1.63. The largest absolute Gasteiger partial charge is 0.370 e. The summed E-state index contributed by atoms with van der Waals surface area (Å²) < 4.78 is 0. The van der Waals surface area contributed by atoms with Gasteiger partial charge in [-0.05, 0) is 37.8 Å². The number of hydrogen-bond donors (Lipinski definition) is 1. The second-order valence-corrected chi connectivity index (χ2v) is 6.62. The minimum Gasteiger partial charge on any atom is -0.370 e. The number of hydrogen-bond acceptors (Lipinski definition) is 3. The van der Waals surface area contributed by atoms with Crippen LogP contribution in [0.25, 0.3) is 0 Å². The summed E-state index contributed by atoms with van der Waals surface area (Å²) in [5, 5.41) is 2.70. The number of nitrogens with one attached hydrogen (secondary N) is 1. The molecule has 0 bridgehead atoms. The first kappa shape index (κ1) is 15.8. The van der Waals surface area contributed by atoms with Crippen molar-refractivity contribution in [3.05, 3.63) is 29.8 Å². The second-order valence-electron chi connectivity index (χ2n) is 6.62. The summed E-state index contributed by atoms with van der Waals surface area (Å²) in [6.07, 6.45) is 3.14. The third kappa shape index (κ3) is 2.80. The highest BCUT2D eigenvalue weighted by Crippen LogP contribution is 2.31. The summed E-state index contributed by atoms with van der Waals surface area (Å²) >= 11 is 0. The van der Waals surface area contributed by atoms with E-state index in [2.05, 4.69) is 28.4 Å². The molecular formula is C18H25N3O2. The van der Waals surface area contributed by atoms with Gasteiger partial charge < -0.3 is 15.1 Å². The van der Waals surface area contributed by atoms with Crippen LogP contribution >= 0.6 is 0 Å². The Morgan fingerprint density at radius 2 is 2.04 bits per heavy atom. The van der Waals surface area contributed by atoms with Crippen molar-refractivity contribution in [3.8, 4) is 0 Å². The van der Waals surface area contributed by atoms with E-state index in [1.165, 1.54) is 11.3 Å². The topological polar surface area (TPSA) is 52.7 Å². The van der Waals surface area contributed by atoms with E-state index in [0.717, 1.165) is 32.4 Å². The molecule has 1 N–H and O–H groups in total. The molecule has 1 aromatic carbocycles. The molecule has 0 spiro atoms. The smallest absolute Gasteiger partial charge is 0.245 e. The Morgan fingerprint density at radius 1 is 1.26 bits per heavy atom. The van der Waals surface area contributed by atoms with E-state index in [4.69, 9.17) is 0 Å². The molecular weight excluding hydrogens is 290 g/mol. The zero-order valence-electron chi connectivity index (χ0n) is 14.0. The number of benzene rings is 1. The number of likely N-dealkylation sites (tertiary alicyclic amines) is 1. The highest BCUT2D eigenvalue weighted by atomic mass is 16.2. The second kappa shape index (κ2) is 6.22. The molecule has 2 aliphatic heterocycles. The van der Waals surface area contributed by atoms with Crippen molar-refractivity contribution in [1.29, 1.82) is 0 Å². The summed E-state index contributed by atoms with van der Waals surface area (Å²) in [5.74, 6) is 0.0212. The van der Waals surface area contributed by atoms with E-state index in [0.29, 0.717) is 13.0 Å². The number of likely N-dealkylation sites (N-methyl/N-ethyl adjacent to an activating group) is 1. The Bertz CT molecular complexity index is 616. The van der Waals surface area contributed by atoms with Crippen molar-refractivity contribution < 1.29 is 9.59 Å². The lowest BCUT2D eigenvalue weighted by molar-refractivity contribution is -0.143. The van der Waals surface area contributed by atoms with Gasteiger partial charge in [0.15, 0.2) is 0 Å². The van der Waals surface area contributed by atoms with Crippen LogP contribution in [0.5, 0.6) is 0 Å². The van der Waals surface area contributed by atoms with Crippen LogP contribution in [-0.2, 0) is 16.0 Å². The summed E-state index contributed by atoms with van der Waals surface area (Å²) in [4.78, 5) is 28.9. The standard InChI is InChI=1S/C18H25N3O2/c1-18(17(23)19-2)10-5-11-21(18)16(22)9-13-20-12-8-14-6-3-4-7-15(14)20/h3-4,6-7H,5,8-13H2,1-2H3,(H,19,23). The van der Waals surface area contributed by atoms with E-state index in [1.54, 1.807) is 11.9 Å². The average molecular weight is 315 g/mol. The number of anilines is 1. The third-order valence-corrected chi connectivity index (χ3v) is 5.24. The van der Waals surface area contributed by atoms with Crippen LogP contribution in [0.1, 0.15) is 31.7 Å². The van der Waals surface area contributed by atoms with Gasteiger partial charge in [-0.25, -0.2) is 0 Å². The molecule has 2 heterocycles. The summed E-state index contributed by atoms with van der Waals surface area (Å²) in [7, 11) is 1.63. The van der Waals surface area contributed by atoms with Crippen molar-refractivity contribution in [2.75, 3.05) is 31.6 Å². The first-order chi connectivity index (χ1) is 11.1. The van der Waals surface area contributed by atoms with Crippen molar-refractivity contribution in [3.63, 3.8) is 0 Å². The monoisotopic (exact) mass is 315 g/mol. The number of carbonyl (C=O) groups excluding carboxylic acids is 2. The molecule has 1 saturated heterocycles. The molecule has 1 atom stereocenters. The summed E-state index contributed by atoms with van der Waals surface area (Å²) in [6, 6.07) is 8.38. The molecule has 1 unspecified atom stereocenters. The number of amides is 2. The van der Waals surface area contributed by atoms with E-state index in [9.17, 15) is 9.59 Å². The van der Waals surface area contributed by atoms with Crippen LogP contribution in [0, 0.1) is 0 Å². The zero-order valence-corrected chi connectivity index (χ0v) is 14.0. The first-order valence-electron chi connectivity index (χ1n) is 8.42. The Morgan fingerprint density at radius 3 is 2.83 bits per heavy atom. The van der Waals surface area contributed by atoms with Crippen molar-refractivity contribution >= 4 is 17.5 Å². The molecule has 5 nitrogen and oxygen atoms in total. The van der Waals surface area contributed by atoms with E-state index < -0.39 is 5.54 Å². The fourth-order valence-electron chi connectivity index (χ4n) is 3.87. The van der Waals surface area contributed by atoms with Gasteiger partial charge in [0, 0.05) is 38.8 Å². The maximum atomic E-state index is 12.7. The van der Waals surface area contributed by atoms with Gasteiger partial charge in [0.05, 0.1) is 0 Å². The number of carbonyl (C=O) groups is 2. The van der Waals surface area contributed by atoms with E-state index in [-0.39, 0.29) is 11.8 Å². The molecule has 5 heteroatoms. The Hall–Kier alpha value is -2.04. The quantitative estimate of drug-likeness (QED) is 0.917. The van der Waals surface area contributed by atoms with Crippen LogP contribution in [0.4, 0.5) is 5.69 Å². The maximum Gasteiger partial charge on any atom is 0.245 e. The minimum atomic E-state index is -0.686. The predicted octanol–water partition coefficient (Wildman–Crippen LogP) is 1.57. The van der Waals surface area contributed by atoms with Gasteiger partial charge in [-0.15, -0.1) is 0 Å². The van der Waals surface area contributed by atoms with Crippen LogP contribution in [0.15, 0.2) is 24.3 Å². The van der Waals surface area contributed by atoms with Gasteiger partial charge in [0.1, 0.15) is 5.54 Å². The van der Waals surface area contributed by atoms with Crippen molar-refractivity contribution in [2.45, 2.75) is 38.1 Å². The fraction of sp³-hybridized carbons (Fsp3) is 0.556. The predicted molar refractivity (Wildman–Crippen MR) is 90.4 cm³/mol. The van der Waals surface area contributed by atoms with Gasteiger partial charge in [-0.2, -0.15) is 0 Å². The molecule has 0 radical (unpaired) electrons. The molecule has 124 valence electrons. The number of nitrogens with zero attached hydrogens (tertiary/aromatic N) is 2. The molecule has 2 amide bonds. The van der Waals surface area contributed by atoms with Crippen LogP contribution in [0.3, 0.4) is 0 Å². The normalized spacial score (nSPS) is 23.0. The summed E-state index contributed by atoms with van der Waals surface area (Å²) in [5.41, 5.74) is 1.92. The Kier molecular flexibility index (Phi) is 4.28.